The first kappa shape index (κ1) is 10.5. The van der Waals surface area contributed by atoms with Gasteiger partial charge in [0.1, 0.15) is 0 Å². The Morgan fingerprint density at radius 3 is 3.06 bits per heavy atom. The summed E-state index contributed by atoms with van der Waals surface area (Å²) >= 11 is 0. The van der Waals surface area contributed by atoms with Crippen molar-refractivity contribution in [1.82, 2.24) is 25.3 Å². The van der Waals surface area contributed by atoms with Crippen molar-refractivity contribution in [3.63, 3.8) is 0 Å². The highest BCUT2D eigenvalue weighted by atomic mass is 15.3. The number of H-pyrrole nitrogens is 1. The maximum Gasteiger partial charge on any atom is 0.0762 e. The molecule has 1 saturated carbocycles. The lowest BCUT2D eigenvalue weighted by Gasteiger charge is -1.99. The van der Waals surface area contributed by atoms with E-state index in [9.17, 15) is 0 Å². The van der Waals surface area contributed by atoms with Crippen LogP contribution in [0.2, 0.25) is 0 Å². The number of aryl methyl sites for hydroxylation is 1. The van der Waals surface area contributed by atoms with Gasteiger partial charge in [-0.05, 0) is 25.0 Å². The van der Waals surface area contributed by atoms with Crippen LogP contribution in [0.3, 0.4) is 0 Å². The van der Waals surface area contributed by atoms with Gasteiger partial charge in [0.05, 0.1) is 11.4 Å². The smallest absolute Gasteiger partial charge is 0.0762 e. The van der Waals surface area contributed by atoms with Crippen molar-refractivity contribution in [2.75, 3.05) is 0 Å². The summed E-state index contributed by atoms with van der Waals surface area (Å²) in [5.74, 6) is 0.718. The van der Waals surface area contributed by atoms with E-state index in [0.29, 0.717) is 0 Å². The molecule has 3 rings (SSSR count). The Balaban J connectivity index is 1.49. The molecule has 5 heteroatoms. The fourth-order valence-electron chi connectivity index (χ4n) is 1.94. The maximum atomic E-state index is 4.32. The maximum absolute atomic E-state index is 4.32. The van der Waals surface area contributed by atoms with Crippen LogP contribution in [0.1, 0.15) is 35.8 Å². The predicted octanol–water partition coefficient (Wildman–Crippen LogP) is 1.31. The molecule has 0 aliphatic heterocycles. The SMILES string of the molecule is Cn1ccc(CNCc2cc(C3CC3)n[nH]2)n1. The Morgan fingerprint density at radius 2 is 2.35 bits per heavy atom. The first-order valence-corrected chi connectivity index (χ1v) is 6.04. The van der Waals surface area contributed by atoms with Crippen molar-refractivity contribution in [2.24, 2.45) is 7.05 Å². The molecule has 2 heterocycles. The second kappa shape index (κ2) is 4.33. The molecule has 2 aromatic heterocycles. The van der Waals surface area contributed by atoms with Crippen molar-refractivity contribution in [2.45, 2.75) is 31.8 Å². The Hall–Kier alpha value is -1.62. The molecule has 1 aliphatic rings. The summed E-state index contributed by atoms with van der Waals surface area (Å²) in [7, 11) is 1.93. The third kappa shape index (κ3) is 2.55. The fraction of sp³-hybridized carbons (Fsp3) is 0.500. The number of hydrogen-bond acceptors (Lipinski definition) is 3. The lowest BCUT2D eigenvalue weighted by molar-refractivity contribution is 0.646. The van der Waals surface area contributed by atoms with Crippen molar-refractivity contribution >= 4 is 0 Å². The van der Waals surface area contributed by atoms with Gasteiger partial charge in [0.15, 0.2) is 0 Å². The van der Waals surface area contributed by atoms with Crippen molar-refractivity contribution in [3.8, 4) is 0 Å². The molecular formula is C12H17N5. The molecule has 2 N–H and O–H groups in total. The van der Waals surface area contributed by atoms with Gasteiger partial charge in [0.2, 0.25) is 0 Å². The number of aromatic amines is 1. The molecule has 0 atom stereocenters. The lowest BCUT2D eigenvalue weighted by atomic mass is 10.2. The summed E-state index contributed by atoms with van der Waals surface area (Å²) < 4.78 is 1.82. The van der Waals surface area contributed by atoms with E-state index < -0.39 is 0 Å². The molecule has 0 aromatic carbocycles. The van der Waals surface area contributed by atoms with Gasteiger partial charge in [-0.3, -0.25) is 9.78 Å². The van der Waals surface area contributed by atoms with Crippen LogP contribution < -0.4 is 5.32 Å². The van der Waals surface area contributed by atoms with Crippen LogP contribution in [0.5, 0.6) is 0 Å². The molecule has 0 unspecified atom stereocenters. The average molecular weight is 231 g/mol. The third-order valence-electron chi connectivity index (χ3n) is 3.04. The zero-order valence-electron chi connectivity index (χ0n) is 9.98. The molecule has 0 radical (unpaired) electrons. The zero-order chi connectivity index (χ0) is 11.7. The molecule has 0 saturated heterocycles. The van der Waals surface area contributed by atoms with Gasteiger partial charge in [0.25, 0.3) is 0 Å². The van der Waals surface area contributed by atoms with E-state index in [2.05, 4.69) is 26.7 Å². The van der Waals surface area contributed by atoms with Gasteiger partial charge in [-0.25, -0.2) is 0 Å². The van der Waals surface area contributed by atoms with Crippen LogP contribution in [-0.4, -0.2) is 20.0 Å². The number of nitrogens with one attached hydrogen (secondary N) is 2. The van der Waals surface area contributed by atoms with Crippen LogP contribution in [-0.2, 0) is 20.1 Å². The summed E-state index contributed by atoms with van der Waals surface area (Å²) in [4.78, 5) is 0. The Morgan fingerprint density at radius 1 is 1.47 bits per heavy atom. The molecule has 1 aliphatic carbocycles. The van der Waals surface area contributed by atoms with Gasteiger partial charge in [-0.15, -0.1) is 0 Å². The van der Waals surface area contributed by atoms with Crippen LogP contribution in [0.25, 0.3) is 0 Å². The molecular weight excluding hydrogens is 214 g/mol. The highest BCUT2D eigenvalue weighted by Crippen LogP contribution is 2.38. The summed E-state index contributed by atoms with van der Waals surface area (Å²) in [6.07, 6.45) is 4.55. The number of nitrogens with zero attached hydrogens (tertiary/aromatic N) is 3. The summed E-state index contributed by atoms with van der Waals surface area (Å²) in [5, 5.41) is 15.1. The van der Waals surface area contributed by atoms with Gasteiger partial charge in [0, 0.05) is 37.9 Å². The molecule has 0 amide bonds. The van der Waals surface area contributed by atoms with Crippen molar-refractivity contribution in [1.29, 1.82) is 0 Å². The normalized spacial score (nSPS) is 15.4. The minimum atomic E-state index is 0.718. The highest BCUT2D eigenvalue weighted by molar-refractivity contribution is 5.17. The summed E-state index contributed by atoms with van der Waals surface area (Å²) in [6.45, 7) is 1.61. The first-order valence-electron chi connectivity index (χ1n) is 6.04. The quantitative estimate of drug-likeness (QED) is 0.815. The molecule has 2 aromatic rings. The second-order valence-corrected chi connectivity index (χ2v) is 4.68. The number of hydrogen-bond donors (Lipinski definition) is 2. The molecule has 1 fully saturated rings. The first-order chi connectivity index (χ1) is 8.31. The van der Waals surface area contributed by atoms with Gasteiger partial charge in [-0.1, -0.05) is 0 Å². The van der Waals surface area contributed by atoms with Crippen molar-refractivity contribution in [3.05, 3.63) is 35.4 Å². The monoisotopic (exact) mass is 231 g/mol. The van der Waals surface area contributed by atoms with E-state index in [1.165, 1.54) is 18.5 Å². The Kier molecular flexibility index (Phi) is 2.68. The Bertz CT molecular complexity index is 494. The van der Waals surface area contributed by atoms with Crippen molar-refractivity contribution < 1.29 is 0 Å². The van der Waals surface area contributed by atoms with E-state index in [1.807, 2.05) is 24.0 Å². The van der Waals surface area contributed by atoms with E-state index in [1.54, 1.807) is 0 Å². The molecule has 0 spiro atoms. The van der Waals surface area contributed by atoms with E-state index in [4.69, 9.17) is 0 Å². The topological polar surface area (TPSA) is 58.5 Å². The van der Waals surface area contributed by atoms with Crippen LogP contribution in [0.4, 0.5) is 0 Å². The lowest BCUT2D eigenvalue weighted by Crippen LogP contribution is -2.13. The predicted molar refractivity (Wildman–Crippen MR) is 64.3 cm³/mol. The van der Waals surface area contributed by atoms with Crippen LogP contribution >= 0.6 is 0 Å². The standard InChI is InChI=1S/C12H17N5/c1-17-5-4-10(16-17)7-13-8-11-6-12(15-14-11)9-2-3-9/h4-6,9,13H,2-3,7-8H2,1H3,(H,14,15). The summed E-state index contributed by atoms with van der Waals surface area (Å²) in [6, 6.07) is 4.19. The molecule has 0 bridgehead atoms. The fourth-order valence-corrected chi connectivity index (χ4v) is 1.94. The number of rotatable bonds is 5. The third-order valence-corrected chi connectivity index (χ3v) is 3.04. The minimum Gasteiger partial charge on any atom is -0.305 e. The van der Waals surface area contributed by atoms with Gasteiger partial charge >= 0.3 is 0 Å². The zero-order valence-corrected chi connectivity index (χ0v) is 9.98. The molecule has 17 heavy (non-hydrogen) atoms. The van der Waals surface area contributed by atoms with E-state index in [-0.39, 0.29) is 0 Å². The van der Waals surface area contributed by atoms with Crippen LogP contribution in [0, 0.1) is 0 Å². The second-order valence-electron chi connectivity index (χ2n) is 4.68. The minimum absolute atomic E-state index is 0.718. The average Bonchev–Trinajstić information content (AvgIpc) is 2.93. The van der Waals surface area contributed by atoms with Gasteiger partial charge in [-0.2, -0.15) is 10.2 Å². The van der Waals surface area contributed by atoms with E-state index >= 15 is 0 Å². The van der Waals surface area contributed by atoms with Crippen LogP contribution in [0.15, 0.2) is 18.3 Å². The summed E-state index contributed by atoms with van der Waals surface area (Å²) in [5.41, 5.74) is 3.44. The van der Waals surface area contributed by atoms with Gasteiger partial charge < -0.3 is 5.32 Å². The highest BCUT2D eigenvalue weighted by Gasteiger charge is 2.25. The molecule has 90 valence electrons. The molecule has 5 nitrogen and oxygen atoms in total. The van der Waals surface area contributed by atoms with E-state index in [0.717, 1.165) is 30.4 Å². The largest absolute Gasteiger partial charge is 0.305 e. The number of aromatic nitrogens is 4. The Labute approximate surface area is 100 Å².